The normalized spacial score (nSPS) is 16.9. The molecule has 0 saturated carbocycles. The van der Waals surface area contributed by atoms with E-state index in [2.05, 4.69) is 13.8 Å². The monoisotopic (exact) mass is 519 g/mol. The van der Waals surface area contributed by atoms with Crippen molar-refractivity contribution in [1.82, 2.24) is 0 Å². The summed E-state index contributed by atoms with van der Waals surface area (Å²) in [7, 11) is 1.44. The van der Waals surface area contributed by atoms with Crippen molar-refractivity contribution >= 4 is 34.7 Å². The molecule has 192 valence electrons. The number of hydrogen-bond donors (Lipinski definition) is 1. The van der Waals surface area contributed by atoms with E-state index in [4.69, 9.17) is 21.1 Å². The molecule has 1 fully saturated rings. The molecule has 1 amide bonds. The number of ketones is 1. The zero-order valence-electron chi connectivity index (χ0n) is 21.5. The molecule has 1 atom stereocenters. The molecule has 0 aromatic heterocycles. The second kappa shape index (κ2) is 10.7. The summed E-state index contributed by atoms with van der Waals surface area (Å²) < 4.78 is 11.2. The first-order valence-corrected chi connectivity index (χ1v) is 12.4. The summed E-state index contributed by atoms with van der Waals surface area (Å²) in [6.45, 7) is 8.44. The van der Waals surface area contributed by atoms with Crippen molar-refractivity contribution in [2.75, 3.05) is 18.6 Å². The summed E-state index contributed by atoms with van der Waals surface area (Å²) >= 11 is 6.38. The number of methoxy groups -OCH3 is 1. The van der Waals surface area contributed by atoms with Crippen LogP contribution in [0.2, 0.25) is 5.02 Å². The molecule has 1 saturated heterocycles. The molecule has 1 aliphatic rings. The fourth-order valence-corrected chi connectivity index (χ4v) is 4.83. The molecule has 37 heavy (non-hydrogen) atoms. The molecule has 1 heterocycles. The number of ether oxygens (including phenoxy) is 2. The van der Waals surface area contributed by atoms with E-state index in [1.165, 1.54) is 12.0 Å². The highest BCUT2D eigenvalue weighted by Crippen LogP contribution is 2.44. The maximum atomic E-state index is 13.5. The van der Waals surface area contributed by atoms with Crippen LogP contribution in [0.25, 0.3) is 5.76 Å². The van der Waals surface area contributed by atoms with Crippen molar-refractivity contribution in [2.45, 2.75) is 33.7 Å². The number of aryl methyl sites for hydroxylation is 2. The number of benzene rings is 3. The van der Waals surface area contributed by atoms with E-state index in [0.717, 1.165) is 11.1 Å². The Kier molecular flexibility index (Phi) is 7.60. The highest BCUT2D eigenvalue weighted by atomic mass is 35.5. The molecule has 1 unspecified atom stereocenters. The average Bonchev–Trinajstić information content (AvgIpc) is 3.12. The van der Waals surface area contributed by atoms with Crippen molar-refractivity contribution in [3.63, 3.8) is 0 Å². The van der Waals surface area contributed by atoms with Crippen molar-refractivity contribution in [3.05, 3.63) is 93.5 Å². The van der Waals surface area contributed by atoms with Crippen LogP contribution in [0.15, 0.2) is 66.2 Å². The van der Waals surface area contributed by atoms with Gasteiger partial charge in [0.05, 0.1) is 35.9 Å². The van der Waals surface area contributed by atoms with E-state index in [-0.39, 0.29) is 22.6 Å². The van der Waals surface area contributed by atoms with Gasteiger partial charge < -0.3 is 14.6 Å². The van der Waals surface area contributed by atoms with Gasteiger partial charge in [-0.1, -0.05) is 55.3 Å². The lowest BCUT2D eigenvalue weighted by atomic mass is 9.93. The topological polar surface area (TPSA) is 76.1 Å². The van der Waals surface area contributed by atoms with E-state index in [0.29, 0.717) is 34.5 Å². The Hall–Kier alpha value is -3.77. The lowest BCUT2D eigenvalue weighted by Crippen LogP contribution is -2.29. The number of nitrogens with zero attached hydrogens (tertiary/aromatic N) is 1. The summed E-state index contributed by atoms with van der Waals surface area (Å²) in [6, 6.07) is 17.1. The van der Waals surface area contributed by atoms with Gasteiger partial charge in [-0.2, -0.15) is 0 Å². The van der Waals surface area contributed by atoms with Gasteiger partial charge in [0.15, 0.2) is 0 Å². The van der Waals surface area contributed by atoms with Gasteiger partial charge >= 0.3 is 0 Å². The number of Topliss-reactive ketones (excluding diaryl/α,β-unsaturated/α-hetero) is 1. The Labute approximate surface area is 222 Å². The Morgan fingerprint density at radius 2 is 1.73 bits per heavy atom. The smallest absolute Gasteiger partial charge is 0.300 e. The van der Waals surface area contributed by atoms with E-state index < -0.39 is 17.7 Å². The van der Waals surface area contributed by atoms with Gasteiger partial charge in [-0.25, -0.2) is 0 Å². The molecular weight excluding hydrogens is 490 g/mol. The third-order valence-corrected chi connectivity index (χ3v) is 6.43. The minimum atomic E-state index is -0.855. The van der Waals surface area contributed by atoms with Crippen LogP contribution in [0.1, 0.15) is 42.1 Å². The molecule has 6 nitrogen and oxygen atoms in total. The van der Waals surface area contributed by atoms with Crippen LogP contribution in [0.3, 0.4) is 0 Å². The minimum Gasteiger partial charge on any atom is -0.507 e. The van der Waals surface area contributed by atoms with Crippen LogP contribution in [-0.4, -0.2) is 30.5 Å². The summed E-state index contributed by atoms with van der Waals surface area (Å²) in [5, 5.41) is 11.8. The second-order valence-corrected chi connectivity index (χ2v) is 10.0. The number of hydrogen-bond acceptors (Lipinski definition) is 5. The highest BCUT2D eigenvalue weighted by molar-refractivity contribution is 6.51. The van der Waals surface area contributed by atoms with Crippen LogP contribution in [-0.2, 0) is 9.59 Å². The molecule has 0 spiro atoms. The van der Waals surface area contributed by atoms with Gasteiger partial charge in [0.1, 0.15) is 17.3 Å². The average molecular weight is 520 g/mol. The zero-order valence-corrected chi connectivity index (χ0v) is 22.3. The lowest BCUT2D eigenvalue weighted by molar-refractivity contribution is -0.132. The van der Waals surface area contributed by atoms with E-state index in [1.54, 1.807) is 36.4 Å². The van der Waals surface area contributed by atoms with Gasteiger partial charge in [-0.3, -0.25) is 14.5 Å². The molecule has 4 rings (SSSR count). The van der Waals surface area contributed by atoms with Crippen LogP contribution >= 0.6 is 11.6 Å². The summed E-state index contributed by atoms with van der Waals surface area (Å²) in [5.74, 6) is -0.603. The Bertz CT molecular complexity index is 1380. The quantitative estimate of drug-likeness (QED) is 0.215. The minimum absolute atomic E-state index is 0.0318. The first-order chi connectivity index (χ1) is 17.6. The van der Waals surface area contributed by atoms with Crippen molar-refractivity contribution < 1.29 is 24.2 Å². The van der Waals surface area contributed by atoms with Gasteiger partial charge in [0.25, 0.3) is 11.7 Å². The number of amides is 1. The Morgan fingerprint density at radius 3 is 2.35 bits per heavy atom. The van der Waals surface area contributed by atoms with Gasteiger partial charge in [0, 0.05) is 5.69 Å². The Morgan fingerprint density at radius 1 is 1.03 bits per heavy atom. The van der Waals surface area contributed by atoms with Crippen LogP contribution in [0.5, 0.6) is 11.5 Å². The fraction of sp³-hybridized carbons (Fsp3) is 0.267. The van der Waals surface area contributed by atoms with Gasteiger partial charge in [0.2, 0.25) is 0 Å². The maximum absolute atomic E-state index is 13.5. The molecule has 3 aromatic carbocycles. The molecular formula is C30H30ClNO5. The van der Waals surface area contributed by atoms with Crippen molar-refractivity contribution in [2.24, 2.45) is 5.92 Å². The van der Waals surface area contributed by atoms with Crippen LogP contribution in [0.4, 0.5) is 5.69 Å². The number of aliphatic hydroxyl groups excluding tert-OH is 1. The number of carbonyl (C=O) groups excluding carboxylic acids is 2. The third kappa shape index (κ3) is 5.20. The summed E-state index contributed by atoms with van der Waals surface area (Å²) in [5.41, 5.74) is 3.15. The van der Waals surface area contributed by atoms with E-state index in [9.17, 15) is 14.7 Å². The predicted molar refractivity (Wildman–Crippen MR) is 145 cm³/mol. The molecule has 3 aromatic rings. The van der Waals surface area contributed by atoms with E-state index >= 15 is 0 Å². The fourth-order valence-electron chi connectivity index (χ4n) is 4.48. The number of anilines is 1. The highest BCUT2D eigenvalue weighted by Gasteiger charge is 2.47. The summed E-state index contributed by atoms with van der Waals surface area (Å²) in [6.07, 6.45) is 0. The number of carbonyl (C=O) groups is 2. The number of halogens is 1. The largest absolute Gasteiger partial charge is 0.507 e. The molecule has 7 heteroatoms. The van der Waals surface area contributed by atoms with E-state index in [1.807, 2.05) is 38.1 Å². The molecule has 1 N–H and O–H groups in total. The van der Waals surface area contributed by atoms with Crippen LogP contribution in [0, 0.1) is 19.8 Å². The van der Waals surface area contributed by atoms with Crippen LogP contribution < -0.4 is 14.4 Å². The maximum Gasteiger partial charge on any atom is 0.300 e. The number of rotatable bonds is 7. The van der Waals surface area contributed by atoms with Crippen molar-refractivity contribution in [1.29, 1.82) is 0 Å². The predicted octanol–water partition coefficient (Wildman–Crippen LogP) is 6.63. The van der Waals surface area contributed by atoms with Gasteiger partial charge in [-0.15, -0.1) is 0 Å². The first kappa shape index (κ1) is 26.3. The first-order valence-electron chi connectivity index (χ1n) is 12.1. The molecule has 0 aliphatic carbocycles. The Balaban J connectivity index is 1.90. The molecule has 0 bridgehead atoms. The number of aliphatic hydroxyl groups is 1. The van der Waals surface area contributed by atoms with Crippen molar-refractivity contribution in [3.8, 4) is 11.5 Å². The molecule has 0 radical (unpaired) electrons. The SMILES string of the molecule is COc1c(Cl)cc(C)cc1/C(O)=C1\C(=O)C(=O)N(c2ccc(OCC(C)C)cc2)C1c1cccc(C)c1. The zero-order chi connectivity index (χ0) is 26.9. The molecule has 1 aliphatic heterocycles. The second-order valence-electron chi connectivity index (χ2n) is 9.61. The third-order valence-electron chi connectivity index (χ3n) is 6.15. The lowest BCUT2D eigenvalue weighted by Gasteiger charge is -2.26. The standard InChI is InChI=1S/C30H30ClNO5/c1-17(2)16-37-22-11-9-21(10-12-22)32-26(20-8-6-7-18(3)13-20)25(28(34)30(32)35)27(33)23-14-19(4)15-24(31)29(23)36-5/h6-15,17,26,33H,16H2,1-5H3/b27-25+. The summed E-state index contributed by atoms with van der Waals surface area (Å²) in [4.78, 5) is 28.3. The van der Waals surface area contributed by atoms with Gasteiger partial charge in [-0.05, 0) is 67.3 Å².